The Kier molecular flexibility index (Phi) is 3.49. The van der Waals surface area contributed by atoms with Gasteiger partial charge in [-0.25, -0.2) is 0 Å². The van der Waals surface area contributed by atoms with Crippen molar-refractivity contribution >= 4 is 6.01 Å². The van der Waals surface area contributed by atoms with Crippen LogP contribution in [-0.2, 0) is 6.61 Å². The highest BCUT2D eigenvalue weighted by molar-refractivity contribution is 5.27. The second-order valence-corrected chi connectivity index (χ2v) is 4.85. The topological polar surface area (TPSA) is 49.5 Å². The third-order valence-corrected chi connectivity index (χ3v) is 3.45. The maximum absolute atomic E-state index is 8.92. The van der Waals surface area contributed by atoms with Gasteiger partial charge in [0.15, 0.2) is 0 Å². The van der Waals surface area contributed by atoms with Gasteiger partial charge < -0.3 is 14.4 Å². The minimum Gasteiger partial charge on any atom is -0.432 e. The number of hydrogen-bond donors (Lipinski definition) is 1. The normalized spacial score (nSPS) is 18.4. The molecule has 0 radical (unpaired) electrons. The molecule has 0 aliphatic carbocycles. The van der Waals surface area contributed by atoms with Crippen LogP contribution in [0.25, 0.3) is 0 Å². The summed E-state index contributed by atoms with van der Waals surface area (Å²) in [4.78, 5) is 6.40. The SMILES string of the molecule is CC(C)C1CCN(c2nc(CO)co2)CC1. The summed E-state index contributed by atoms with van der Waals surface area (Å²) >= 11 is 0. The summed E-state index contributed by atoms with van der Waals surface area (Å²) in [5, 5.41) is 8.92. The molecule has 0 unspecified atom stereocenters. The van der Waals surface area contributed by atoms with E-state index in [1.807, 2.05) is 0 Å². The van der Waals surface area contributed by atoms with Crippen molar-refractivity contribution in [3.63, 3.8) is 0 Å². The lowest BCUT2D eigenvalue weighted by Crippen LogP contribution is -2.35. The van der Waals surface area contributed by atoms with Crippen molar-refractivity contribution in [3.05, 3.63) is 12.0 Å². The van der Waals surface area contributed by atoms with Gasteiger partial charge in [0.05, 0.1) is 6.61 Å². The van der Waals surface area contributed by atoms with E-state index in [4.69, 9.17) is 9.52 Å². The Hall–Kier alpha value is -1.03. The van der Waals surface area contributed by atoms with Crippen molar-refractivity contribution < 1.29 is 9.52 Å². The van der Waals surface area contributed by atoms with E-state index in [0.717, 1.165) is 24.9 Å². The highest BCUT2D eigenvalue weighted by atomic mass is 16.4. The van der Waals surface area contributed by atoms with Gasteiger partial charge in [0.25, 0.3) is 6.01 Å². The Morgan fingerprint density at radius 1 is 1.50 bits per heavy atom. The molecule has 1 aromatic heterocycles. The molecule has 1 aliphatic rings. The van der Waals surface area contributed by atoms with E-state index in [9.17, 15) is 0 Å². The number of oxazole rings is 1. The lowest BCUT2D eigenvalue weighted by atomic mass is 9.87. The zero-order valence-corrected chi connectivity index (χ0v) is 10.0. The molecular weight excluding hydrogens is 204 g/mol. The lowest BCUT2D eigenvalue weighted by molar-refractivity contribution is 0.276. The highest BCUT2D eigenvalue weighted by Gasteiger charge is 2.23. The monoisotopic (exact) mass is 224 g/mol. The van der Waals surface area contributed by atoms with Crippen LogP contribution in [0.15, 0.2) is 10.7 Å². The zero-order valence-electron chi connectivity index (χ0n) is 10.0. The smallest absolute Gasteiger partial charge is 0.297 e. The number of rotatable bonds is 3. The Balaban J connectivity index is 1.93. The Morgan fingerprint density at radius 3 is 2.69 bits per heavy atom. The van der Waals surface area contributed by atoms with Crippen molar-refractivity contribution in [3.8, 4) is 0 Å². The quantitative estimate of drug-likeness (QED) is 0.853. The minimum atomic E-state index is -0.0496. The molecule has 1 aromatic rings. The third kappa shape index (κ3) is 2.38. The average Bonchev–Trinajstić information content (AvgIpc) is 2.77. The number of aliphatic hydroxyl groups excluding tert-OH is 1. The van der Waals surface area contributed by atoms with Crippen LogP contribution in [0.1, 0.15) is 32.4 Å². The van der Waals surface area contributed by atoms with Crippen LogP contribution in [0.5, 0.6) is 0 Å². The van der Waals surface area contributed by atoms with Crippen LogP contribution >= 0.6 is 0 Å². The average molecular weight is 224 g/mol. The van der Waals surface area contributed by atoms with Crippen LogP contribution in [0.3, 0.4) is 0 Å². The Morgan fingerprint density at radius 2 is 2.19 bits per heavy atom. The summed E-state index contributed by atoms with van der Waals surface area (Å²) < 4.78 is 5.35. The highest BCUT2D eigenvalue weighted by Crippen LogP contribution is 2.27. The molecule has 0 aromatic carbocycles. The first-order valence-corrected chi connectivity index (χ1v) is 6.01. The van der Waals surface area contributed by atoms with Crippen molar-refractivity contribution in [2.45, 2.75) is 33.3 Å². The molecule has 90 valence electrons. The van der Waals surface area contributed by atoms with Gasteiger partial charge in [-0.15, -0.1) is 0 Å². The largest absolute Gasteiger partial charge is 0.432 e. The van der Waals surface area contributed by atoms with Gasteiger partial charge in [-0.3, -0.25) is 0 Å². The number of hydrogen-bond acceptors (Lipinski definition) is 4. The molecule has 0 spiro atoms. The van der Waals surface area contributed by atoms with Gasteiger partial charge in [0.2, 0.25) is 0 Å². The number of anilines is 1. The van der Waals surface area contributed by atoms with Crippen molar-refractivity contribution in [2.24, 2.45) is 11.8 Å². The summed E-state index contributed by atoms with van der Waals surface area (Å²) in [5.74, 6) is 1.59. The van der Waals surface area contributed by atoms with Gasteiger partial charge in [0, 0.05) is 13.1 Å². The van der Waals surface area contributed by atoms with E-state index < -0.39 is 0 Å². The van der Waals surface area contributed by atoms with Gasteiger partial charge >= 0.3 is 0 Å². The van der Waals surface area contributed by atoms with E-state index in [1.165, 1.54) is 19.1 Å². The van der Waals surface area contributed by atoms with Crippen LogP contribution in [0.4, 0.5) is 6.01 Å². The molecule has 0 saturated carbocycles. The third-order valence-electron chi connectivity index (χ3n) is 3.45. The molecule has 0 amide bonds. The molecule has 1 fully saturated rings. The molecule has 2 rings (SSSR count). The van der Waals surface area contributed by atoms with Gasteiger partial charge in [0.1, 0.15) is 12.0 Å². The van der Waals surface area contributed by atoms with E-state index in [1.54, 1.807) is 0 Å². The van der Waals surface area contributed by atoms with E-state index in [0.29, 0.717) is 11.7 Å². The fraction of sp³-hybridized carbons (Fsp3) is 0.750. The Bertz CT molecular complexity index is 328. The molecule has 4 heteroatoms. The lowest BCUT2D eigenvalue weighted by Gasteiger charge is -2.32. The molecule has 16 heavy (non-hydrogen) atoms. The first-order valence-electron chi connectivity index (χ1n) is 6.01. The maximum Gasteiger partial charge on any atom is 0.297 e. The first-order chi connectivity index (χ1) is 7.70. The van der Waals surface area contributed by atoms with Gasteiger partial charge in [-0.05, 0) is 24.7 Å². The molecule has 4 nitrogen and oxygen atoms in total. The fourth-order valence-electron chi connectivity index (χ4n) is 2.27. The summed E-state index contributed by atoms with van der Waals surface area (Å²) in [6.45, 7) is 6.54. The van der Waals surface area contributed by atoms with Crippen molar-refractivity contribution in [2.75, 3.05) is 18.0 Å². The van der Waals surface area contributed by atoms with Crippen LogP contribution in [0.2, 0.25) is 0 Å². The summed E-state index contributed by atoms with van der Waals surface area (Å²) in [5.41, 5.74) is 0.612. The molecular formula is C12H20N2O2. The van der Waals surface area contributed by atoms with Crippen LogP contribution in [0, 0.1) is 11.8 Å². The van der Waals surface area contributed by atoms with Crippen molar-refractivity contribution in [1.29, 1.82) is 0 Å². The molecule has 1 N–H and O–H groups in total. The summed E-state index contributed by atoms with van der Waals surface area (Å²) in [7, 11) is 0. The van der Waals surface area contributed by atoms with Crippen molar-refractivity contribution in [1.82, 2.24) is 4.98 Å². The fourth-order valence-corrected chi connectivity index (χ4v) is 2.27. The molecule has 1 aliphatic heterocycles. The van der Waals surface area contributed by atoms with Gasteiger partial charge in [-0.2, -0.15) is 4.98 Å². The molecule has 2 heterocycles. The maximum atomic E-state index is 8.92. The molecule has 1 saturated heterocycles. The van der Waals surface area contributed by atoms with E-state index in [-0.39, 0.29) is 6.61 Å². The van der Waals surface area contributed by atoms with Crippen LogP contribution in [-0.4, -0.2) is 23.2 Å². The predicted octanol–water partition coefficient (Wildman–Crippen LogP) is 2.04. The standard InChI is InChI=1S/C12H20N2O2/c1-9(2)10-3-5-14(6-4-10)12-13-11(7-15)8-16-12/h8-10,15H,3-7H2,1-2H3. The number of nitrogens with zero attached hydrogens (tertiary/aromatic N) is 2. The number of piperidine rings is 1. The summed E-state index contributed by atoms with van der Waals surface area (Å²) in [6, 6.07) is 0.659. The predicted molar refractivity (Wildman–Crippen MR) is 62.2 cm³/mol. The minimum absolute atomic E-state index is 0.0496. The Labute approximate surface area is 96.3 Å². The van der Waals surface area contributed by atoms with E-state index in [2.05, 4.69) is 23.7 Å². The number of aliphatic hydroxyl groups is 1. The number of aromatic nitrogens is 1. The molecule has 0 bridgehead atoms. The van der Waals surface area contributed by atoms with Crippen LogP contribution < -0.4 is 4.90 Å². The van der Waals surface area contributed by atoms with E-state index >= 15 is 0 Å². The summed E-state index contributed by atoms with van der Waals surface area (Å²) in [6.07, 6.45) is 3.94. The molecule has 0 atom stereocenters. The first kappa shape index (κ1) is 11.5. The second kappa shape index (κ2) is 4.87. The second-order valence-electron chi connectivity index (χ2n) is 4.85. The zero-order chi connectivity index (χ0) is 11.5. The van der Waals surface area contributed by atoms with Gasteiger partial charge in [-0.1, -0.05) is 13.8 Å².